The van der Waals surface area contributed by atoms with Crippen LogP contribution >= 0.6 is 0 Å². The van der Waals surface area contributed by atoms with E-state index in [2.05, 4.69) is 15.0 Å². The van der Waals surface area contributed by atoms with Gasteiger partial charge >= 0.3 is 0 Å². The largest absolute Gasteiger partial charge is 0.481 e. The van der Waals surface area contributed by atoms with Crippen LogP contribution < -0.4 is 10.5 Å². The molecular weight excluding hydrogens is 192 g/mol. The molecule has 0 atom stereocenters. The molecule has 0 spiro atoms. The summed E-state index contributed by atoms with van der Waals surface area (Å²) in [5, 5.41) is 0. The average Bonchev–Trinajstić information content (AvgIpc) is 2.30. The van der Waals surface area contributed by atoms with Crippen molar-refractivity contribution in [1.82, 2.24) is 15.0 Å². The highest BCUT2D eigenvalue weighted by Crippen LogP contribution is 2.23. The van der Waals surface area contributed by atoms with Crippen molar-refractivity contribution in [3.05, 3.63) is 30.7 Å². The third-order valence-corrected chi connectivity index (χ3v) is 1.94. The third-order valence-electron chi connectivity index (χ3n) is 1.94. The molecule has 0 saturated carbocycles. The molecule has 2 aromatic heterocycles. The summed E-state index contributed by atoms with van der Waals surface area (Å²) in [5.74, 6) is 0.920. The van der Waals surface area contributed by atoms with Crippen LogP contribution in [0.25, 0.3) is 11.3 Å². The van der Waals surface area contributed by atoms with E-state index in [0.29, 0.717) is 17.4 Å². The predicted molar refractivity (Wildman–Crippen MR) is 56.2 cm³/mol. The zero-order chi connectivity index (χ0) is 10.7. The fraction of sp³-hybridized carbons (Fsp3) is 0.100. The monoisotopic (exact) mass is 202 g/mol. The molecule has 0 saturated heterocycles. The first-order valence-corrected chi connectivity index (χ1v) is 4.38. The molecule has 76 valence electrons. The van der Waals surface area contributed by atoms with Gasteiger partial charge in [0, 0.05) is 30.2 Å². The molecule has 5 heteroatoms. The maximum absolute atomic E-state index is 5.71. The number of hydrogen-bond acceptors (Lipinski definition) is 5. The SMILES string of the molecule is COc1cc(-c2nccnc2N)ccn1. The Morgan fingerprint density at radius 2 is 1.93 bits per heavy atom. The Hall–Kier alpha value is -2.17. The van der Waals surface area contributed by atoms with Crippen molar-refractivity contribution in [3.63, 3.8) is 0 Å². The van der Waals surface area contributed by atoms with E-state index in [1.54, 1.807) is 31.8 Å². The molecular formula is C10H10N4O. The molecule has 2 N–H and O–H groups in total. The molecule has 15 heavy (non-hydrogen) atoms. The number of methoxy groups -OCH3 is 1. The first kappa shape index (κ1) is 9.39. The molecule has 0 bridgehead atoms. The van der Waals surface area contributed by atoms with E-state index in [9.17, 15) is 0 Å². The van der Waals surface area contributed by atoms with Gasteiger partial charge in [-0.1, -0.05) is 0 Å². The number of hydrogen-bond donors (Lipinski definition) is 1. The van der Waals surface area contributed by atoms with Crippen LogP contribution in [0.5, 0.6) is 5.88 Å². The molecule has 5 nitrogen and oxygen atoms in total. The molecule has 0 aromatic carbocycles. The van der Waals surface area contributed by atoms with E-state index in [0.717, 1.165) is 5.56 Å². The van der Waals surface area contributed by atoms with Gasteiger partial charge in [-0.2, -0.15) is 0 Å². The van der Waals surface area contributed by atoms with Crippen LogP contribution in [0.2, 0.25) is 0 Å². The van der Waals surface area contributed by atoms with Crippen molar-refractivity contribution in [1.29, 1.82) is 0 Å². The molecule has 0 fully saturated rings. The maximum Gasteiger partial charge on any atom is 0.213 e. The van der Waals surface area contributed by atoms with Crippen molar-refractivity contribution in [2.45, 2.75) is 0 Å². The second kappa shape index (κ2) is 3.91. The van der Waals surface area contributed by atoms with Crippen molar-refractivity contribution < 1.29 is 4.74 Å². The van der Waals surface area contributed by atoms with Gasteiger partial charge in [-0.05, 0) is 6.07 Å². The van der Waals surface area contributed by atoms with Gasteiger partial charge in [-0.25, -0.2) is 9.97 Å². The smallest absolute Gasteiger partial charge is 0.213 e. The van der Waals surface area contributed by atoms with E-state index >= 15 is 0 Å². The van der Waals surface area contributed by atoms with Gasteiger partial charge < -0.3 is 10.5 Å². The predicted octanol–water partition coefficient (Wildman–Crippen LogP) is 1.13. The minimum atomic E-state index is 0.394. The van der Waals surface area contributed by atoms with Crippen LogP contribution in [0.1, 0.15) is 0 Å². The number of nitrogen functional groups attached to an aromatic ring is 1. The van der Waals surface area contributed by atoms with Gasteiger partial charge in [0.05, 0.1) is 7.11 Å². The summed E-state index contributed by atoms with van der Waals surface area (Å²) in [4.78, 5) is 12.1. The zero-order valence-corrected chi connectivity index (χ0v) is 8.21. The lowest BCUT2D eigenvalue weighted by molar-refractivity contribution is 0.398. The molecule has 2 heterocycles. The maximum atomic E-state index is 5.71. The van der Waals surface area contributed by atoms with E-state index in [1.807, 2.05) is 6.07 Å². The van der Waals surface area contributed by atoms with E-state index in [-0.39, 0.29) is 0 Å². The molecule has 2 rings (SSSR count). The van der Waals surface area contributed by atoms with Crippen LogP contribution in [0.15, 0.2) is 30.7 Å². The molecule has 2 aromatic rings. The van der Waals surface area contributed by atoms with Gasteiger partial charge in [-0.15, -0.1) is 0 Å². The average molecular weight is 202 g/mol. The molecule has 0 radical (unpaired) electrons. The molecule has 0 aliphatic heterocycles. The van der Waals surface area contributed by atoms with Gasteiger partial charge in [0.15, 0.2) is 0 Å². The second-order valence-electron chi connectivity index (χ2n) is 2.88. The van der Waals surface area contributed by atoms with E-state index in [4.69, 9.17) is 10.5 Å². The highest BCUT2D eigenvalue weighted by atomic mass is 16.5. The third kappa shape index (κ3) is 1.85. The fourth-order valence-electron chi connectivity index (χ4n) is 1.24. The number of anilines is 1. The quantitative estimate of drug-likeness (QED) is 0.790. The molecule has 0 amide bonds. The molecule has 0 aliphatic carbocycles. The summed E-state index contributed by atoms with van der Waals surface area (Å²) >= 11 is 0. The van der Waals surface area contributed by atoms with Gasteiger partial charge in [-0.3, -0.25) is 4.98 Å². The summed E-state index contributed by atoms with van der Waals surface area (Å²) in [5.41, 5.74) is 7.19. The van der Waals surface area contributed by atoms with E-state index in [1.165, 1.54) is 0 Å². The highest BCUT2D eigenvalue weighted by Gasteiger charge is 2.05. The molecule has 0 unspecified atom stereocenters. The summed E-state index contributed by atoms with van der Waals surface area (Å²) in [6.07, 6.45) is 4.79. The minimum Gasteiger partial charge on any atom is -0.481 e. The van der Waals surface area contributed by atoms with Crippen LogP contribution in [-0.2, 0) is 0 Å². The van der Waals surface area contributed by atoms with Gasteiger partial charge in [0.25, 0.3) is 0 Å². The lowest BCUT2D eigenvalue weighted by Crippen LogP contribution is -1.96. The normalized spacial score (nSPS) is 9.93. The number of aromatic nitrogens is 3. The first-order valence-electron chi connectivity index (χ1n) is 4.38. The van der Waals surface area contributed by atoms with Crippen LogP contribution in [0, 0.1) is 0 Å². The Morgan fingerprint density at radius 1 is 1.13 bits per heavy atom. The summed E-state index contributed by atoms with van der Waals surface area (Å²) in [7, 11) is 1.56. The number of pyridine rings is 1. The summed E-state index contributed by atoms with van der Waals surface area (Å²) in [6.45, 7) is 0. The Morgan fingerprint density at radius 3 is 2.67 bits per heavy atom. The van der Waals surface area contributed by atoms with Gasteiger partial charge in [0.1, 0.15) is 11.5 Å². The van der Waals surface area contributed by atoms with Gasteiger partial charge in [0.2, 0.25) is 5.88 Å². The summed E-state index contributed by atoms with van der Waals surface area (Å²) < 4.78 is 5.02. The second-order valence-corrected chi connectivity index (χ2v) is 2.88. The van der Waals surface area contributed by atoms with E-state index < -0.39 is 0 Å². The van der Waals surface area contributed by atoms with Crippen molar-refractivity contribution in [2.24, 2.45) is 0 Å². The minimum absolute atomic E-state index is 0.394. The lowest BCUT2D eigenvalue weighted by Gasteiger charge is -2.04. The van der Waals surface area contributed by atoms with Crippen molar-refractivity contribution in [3.8, 4) is 17.1 Å². The van der Waals surface area contributed by atoms with Crippen molar-refractivity contribution in [2.75, 3.05) is 12.8 Å². The Labute approximate surface area is 87.0 Å². The Balaban J connectivity index is 2.49. The first-order chi connectivity index (χ1) is 7.31. The lowest BCUT2D eigenvalue weighted by atomic mass is 10.2. The zero-order valence-electron chi connectivity index (χ0n) is 8.21. The topological polar surface area (TPSA) is 73.9 Å². The van der Waals surface area contributed by atoms with Crippen LogP contribution in [0.4, 0.5) is 5.82 Å². The molecule has 0 aliphatic rings. The highest BCUT2D eigenvalue weighted by molar-refractivity contribution is 5.69. The van der Waals surface area contributed by atoms with Crippen LogP contribution in [0.3, 0.4) is 0 Å². The number of rotatable bonds is 2. The fourth-order valence-corrected chi connectivity index (χ4v) is 1.24. The Kier molecular flexibility index (Phi) is 2.45. The Bertz CT molecular complexity index is 472. The standard InChI is InChI=1S/C10H10N4O/c1-15-8-6-7(2-3-12-8)9-10(11)14-5-4-13-9/h2-6H,1H3,(H2,11,14). The number of nitrogens with zero attached hydrogens (tertiary/aromatic N) is 3. The number of ether oxygens (including phenoxy) is 1. The van der Waals surface area contributed by atoms with Crippen LogP contribution in [-0.4, -0.2) is 22.1 Å². The summed E-state index contributed by atoms with van der Waals surface area (Å²) in [6, 6.07) is 3.57. The van der Waals surface area contributed by atoms with Crippen molar-refractivity contribution >= 4 is 5.82 Å². The number of nitrogens with two attached hydrogens (primary N) is 1.